The Hall–Kier alpha value is -2.46. The van der Waals surface area contributed by atoms with Crippen molar-refractivity contribution in [3.05, 3.63) is 0 Å². The zero-order chi connectivity index (χ0) is 10.6. The van der Waals surface area contributed by atoms with Crippen molar-refractivity contribution in [2.24, 2.45) is 15.3 Å². The molecular weight excluding hydrogens is 192 g/mol. The lowest BCUT2D eigenvalue weighted by Crippen LogP contribution is -2.43. The standard InChI is InChI=1S/C5H6N6O3/c12-2-7-6-1-5(10-8-3-13)11-9-4-14/h5-6,10-11H,1H2. The van der Waals surface area contributed by atoms with Gasteiger partial charge in [0.1, 0.15) is 6.17 Å². The monoisotopic (exact) mass is 198 g/mol. The highest BCUT2D eigenvalue weighted by molar-refractivity contribution is 5.33. The minimum absolute atomic E-state index is 0.0472. The summed E-state index contributed by atoms with van der Waals surface area (Å²) in [6.45, 7) is 0.0472. The lowest BCUT2D eigenvalue weighted by atomic mass is 10.5. The van der Waals surface area contributed by atoms with Gasteiger partial charge in [-0.2, -0.15) is 0 Å². The molecule has 0 saturated heterocycles. The minimum atomic E-state index is -0.699. The Morgan fingerprint density at radius 1 is 0.929 bits per heavy atom. The number of rotatable bonds is 7. The molecule has 9 heteroatoms. The van der Waals surface area contributed by atoms with E-state index in [1.54, 1.807) is 0 Å². The largest absolute Gasteiger partial charge is 0.295 e. The van der Waals surface area contributed by atoms with Crippen LogP contribution in [0.3, 0.4) is 0 Å². The summed E-state index contributed by atoms with van der Waals surface area (Å²) in [7, 11) is 0. The third kappa shape index (κ3) is 6.26. The van der Waals surface area contributed by atoms with E-state index in [0.29, 0.717) is 0 Å². The van der Waals surface area contributed by atoms with Gasteiger partial charge in [-0.3, -0.25) is 16.3 Å². The van der Waals surface area contributed by atoms with Gasteiger partial charge >= 0.3 is 0 Å². The Morgan fingerprint density at radius 2 is 1.43 bits per heavy atom. The first kappa shape index (κ1) is 11.5. The van der Waals surface area contributed by atoms with Gasteiger partial charge in [-0.25, -0.2) is 14.4 Å². The topological polar surface area (TPSA) is 124 Å². The molecule has 0 bridgehead atoms. The molecule has 9 nitrogen and oxygen atoms in total. The van der Waals surface area contributed by atoms with Crippen LogP contribution in [0.4, 0.5) is 0 Å². The van der Waals surface area contributed by atoms with Gasteiger partial charge in [-0.15, -0.1) is 0 Å². The van der Waals surface area contributed by atoms with Crippen molar-refractivity contribution in [3.63, 3.8) is 0 Å². The van der Waals surface area contributed by atoms with Crippen LogP contribution in [0, 0.1) is 0 Å². The molecule has 0 radical (unpaired) electrons. The summed E-state index contributed by atoms with van der Waals surface area (Å²) < 4.78 is 0. The number of hydrazone groups is 3. The van der Waals surface area contributed by atoms with Crippen LogP contribution in [0.2, 0.25) is 0 Å². The molecular formula is C5H6N6O3. The van der Waals surface area contributed by atoms with E-state index in [1.165, 1.54) is 18.2 Å². The molecule has 0 aromatic heterocycles. The number of carbonyl (C=O) groups excluding carboxylic acids is 3. The van der Waals surface area contributed by atoms with E-state index in [4.69, 9.17) is 0 Å². The van der Waals surface area contributed by atoms with Gasteiger partial charge in [0.25, 0.3) is 18.2 Å². The number of nitrogens with zero attached hydrogens (tertiary/aromatic N) is 3. The van der Waals surface area contributed by atoms with Crippen LogP contribution >= 0.6 is 0 Å². The summed E-state index contributed by atoms with van der Waals surface area (Å²) in [5, 5.41) is 9.04. The lowest BCUT2D eigenvalue weighted by molar-refractivity contribution is 0.417. The van der Waals surface area contributed by atoms with Crippen molar-refractivity contribution in [3.8, 4) is 0 Å². The molecule has 0 rings (SSSR count). The molecule has 0 unspecified atom stereocenters. The van der Waals surface area contributed by atoms with E-state index in [9.17, 15) is 14.4 Å². The molecule has 74 valence electrons. The first-order valence-electron chi connectivity index (χ1n) is 3.29. The Bertz CT molecular complexity index is 279. The van der Waals surface area contributed by atoms with Crippen LogP contribution < -0.4 is 16.3 Å². The first-order valence-corrected chi connectivity index (χ1v) is 3.29. The maximum atomic E-state index is 9.72. The Morgan fingerprint density at radius 3 is 1.86 bits per heavy atom. The molecule has 0 heterocycles. The molecule has 0 amide bonds. The Labute approximate surface area is 77.9 Å². The van der Waals surface area contributed by atoms with E-state index in [2.05, 4.69) is 31.6 Å². The van der Waals surface area contributed by atoms with Gasteiger partial charge in [-0.05, 0) is 0 Å². The maximum absolute atomic E-state index is 9.72. The second-order valence-electron chi connectivity index (χ2n) is 1.78. The highest BCUT2D eigenvalue weighted by Crippen LogP contribution is 1.75. The fourth-order valence-corrected chi connectivity index (χ4v) is 0.498. The van der Waals surface area contributed by atoms with Crippen molar-refractivity contribution < 1.29 is 14.4 Å². The lowest BCUT2D eigenvalue weighted by Gasteiger charge is -2.12. The van der Waals surface area contributed by atoms with E-state index in [-0.39, 0.29) is 6.54 Å². The smallest absolute Gasteiger partial charge is 0.258 e. The molecule has 0 aromatic carbocycles. The molecule has 0 saturated carbocycles. The Kier molecular flexibility index (Phi) is 7.12. The van der Waals surface area contributed by atoms with E-state index in [0.717, 1.165) is 0 Å². The summed E-state index contributed by atoms with van der Waals surface area (Å²) in [6.07, 6.45) is 2.95. The number of hydrogen-bond donors (Lipinski definition) is 3. The van der Waals surface area contributed by atoms with Crippen molar-refractivity contribution in [1.29, 1.82) is 0 Å². The number of hydrogen-bond acceptors (Lipinski definition) is 9. The van der Waals surface area contributed by atoms with Crippen LogP contribution in [0.25, 0.3) is 0 Å². The van der Waals surface area contributed by atoms with Crippen molar-refractivity contribution in [1.82, 2.24) is 16.3 Å². The van der Waals surface area contributed by atoms with Crippen LogP contribution in [0.5, 0.6) is 0 Å². The summed E-state index contributed by atoms with van der Waals surface area (Å²) in [4.78, 5) is 29.1. The number of isocyanates is 3. The first-order chi connectivity index (χ1) is 6.85. The normalized spacial score (nSPS) is 9.43. The van der Waals surface area contributed by atoms with E-state index in [1.807, 2.05) is 0 Å². The summed E-state index contributed by atoms with van der Waals surface area (Å²) in [6, 6.07) is 0. The number of nitrogens with one attached hydrogen (secondary N) is 3. The zero-order valence-corrected chi connectivity index (χ0v) is 6.85. The van der Waals surface area contributed by atoms with Gasteiger partial charge in [0.15, 0.2) is 0 Å². The maximum Gasteiger partial charge on any atom is 0.258 e. The molecule has 0 aliphatic carbocycles. The highest BCUT2D eigenvalue weighted by atomic mass is 16.1. The summed E-state index contributed by atoms with van der Waals surface area (Å²) in [5.41, 5.74) is 6.71. The van der Waals surface area contributed by atoms with Crippen molar-refractivity contribution in [2.75, 3.05) is 6.54 Å². The van der Waals surface area contributed by atoms with Gasteiger partial charge in [0.05, 0.1) is 6.54 Å². The SMILES string of the molecule is O=C=NNCC(NN=C=O)NN=C=O. The molecule has 0 aliphatic heterocycles. The summed E-state index contributed by atoms with van der Waals surface area (Å²) >= 11 is 0. The summed E-state index contributed by atoms with van der Waals surface area (Å²) in [5.74, 6) is 0. The predicted molar refractivity (Wildman–Crippen MR) is 42.4 cm³/mol. The average molecular weight is 198 g/mol. The molecule has 0 aromatic rings. The second kappa shape index (κ2) is 8.63. The highest BCUT2D eigenvalue weighted by Gasteiger charge is 2.03. The average Bonchev–Trinajstić information content (AvgIpc) is 2.21. The second-order valence-corrected chi connectivity index (χ2v) is 1.78. The van der Waals surface area contributed by atoms with E-state index < -0.39 is 6.17 Å². The molecule has 0 aliphatic rings. The van der Waals surface area contributed by atoms with Crippen molar-refractivity contribution in [2.45, 2.75) is 6.17 Å². The van der Waals surface area contributed by atoms with Gasteiger partial charge in [-0.1, -0.05) is 15.3 Å². The molecule has 0 atom stereocenters. The third-order valence-electron chi connectivity index (χ3n) is 0.952. The van der Waals surface area contributed by atoms with Gasteiger partial charge in [0.2, 0.25) is 0 Å². The van der Waals surface area contributed by atoms with E-state index >= 15 is 0 Å². The predicted octanol–water partition coefficient (Wildman–Crippen LogP) is -2.17. The third-order valence-corrected chi connectivity index (χ3v) is 0.952. The van der Waals surface area contributed by atoms with Crippen LogP contribution in [-0.2, 0) is 14.4 Å². The van der Waals surface area contributed by atoms with Crippen molar-refractivity contribution >= 4 is 18.2 Å². The van der Waals surface area contributed by atoms with Crippen LogP contribution in [-0.4, -0.2) is 31.0 Å². The van der Waals surface area contributed by atoms with Crippen LogP contribution in [0.1, 0.15) is 0 Å². The molecule has 0 fully saturated rings. The molecule has 0 spiro atoms. The molecule has 3 N–H and O–H groups in total. The molecule has 14 heavy (non-hydrogen) atoms. The van der Waals surface area contributed by atoms with Gasteiger partial charge in [0, 0.05) is 0 Å². The quantitative estimate of drug-likeness (QED) is 0.185. The minimum Gasteiger partial charge on any atom is -0.295 e. The fourth-order valence-electron chi connectivity index (χ4n) is 0.498. The van der Waals surface area contributed by atoms with Gasteiger partial charge < -0.3 is 0 Å². The fraction of sp³-hybridized carbons (Fsp3) is 0.400. The zero-order valence-electron chi connectivity index (χ0n) is 6.85. The van der Waals surface area contributed by atoms with Crippen LogP contribution in [0.15, 0.2) is 15.3 Å². The Balaban J connectivity index is 4.00.